The minimum absolute atomic E-state index is 0.0786. The van der Waals surface area contributed by atoms with Crippen LogP contribution in [0, 0.1) is 0 Å². The van der Waals surface area contributed by atoms with Gasteiger partial charge >= 0.3 is 6.09 Å². The van der Waals surface area contributed by atoms with Crippen molar-refractivity contribution in [1.29, 1.82) is 0 Å². The Labute approximate surface area is 128 Å². The van der Waals surface area contributed by atoms with Gasteiger partial charge in [-0.3, -0.25) is 0 Å². The fourth-order valence-corrected chi connectivity index (χ4v) is 1.88. The molecule has 0 radical (unpaired) electrons. The summed E-state index contributed by atoms with van der Waals surface area (Å²) < 4.78 is 5.05. The normalized spacial score (nSPS) is 11.7. The van der Waals surface area contributed by atoms with Gasteiger partial charge in [0, 0.05) is 5.02 Å². The van der Waals surface area contributed by atoms with Crippen LogP contribution in [0.2, 0.25) is 5.02 Å². The lowest BCUT2D eigenvalue weighted by molar-refractivity contribution is 0.126. The van der Waals surface area contributed by atoms with Crippen molar-refractivity contribution in [2.75, 3.05) is 6.54 Å². The quantitative estimate of drug-likeness (QED) is 0.891. The SMILES string of the molecule is O=C(NC[C@H](O)c1ccc(Cl)cc1)OCc1ccccc1. The Hall–Kier alpha value is -2.04. The van der Waals surface area contributed by atoms with Crippen molar-refractivity contribution in [3.63, 3.8) is 0 Å². The Bertz CT molecular complexity index is 572. The Morgan fingerprint density at radius 2 is 1.81 bits per heavy atom. The molecule has 4 nitrogen and oxygen atoms in total. The van der Waals surface area contributed by atoms with E-state index in [2.05, 4.69) is 5.32 Å². The number of rotatable bonds is 5. The summed E-state index contributed by atoms with van der Waals surface area (Å²) in [6, 6.07) is 16.2. The maximum atomic E-state index is 11.5. The molecular formula is C16H16ClNO3. The lowest BCUT2D eigenvalue weighted by Gasteiger charge is -2.12. The smallest absolute Gasteiger partial charge is 0.407 e. The number of carbonyl (C=O) groups excluding carboxylic acids is 1. The number of aliphatic hydroxyl groups is 1. The van der Waals surface area contributed by atoms with Gasteiger partial charge in [0.2, 0.25) is 0 Å². The summed E-state index contributed by atoms with van der Waals surface area (Å²) in [6.45, 7) is 0.277. The van der Waals surface area contributed by atoms with Gasteiger partial charge in [-0.2, -0.15) is 0 Å². The van der Waals surface area contributed by atoms with E-state index in [-0.39, 0.29) is 13.2 Å². The zero-order valence-corrected chi connectivity index (χ0v) is 12.1. The van der Waals surface area contributed by atoms with E-state index in [0.29, 0.717) is 10.6 Å². The highest BCUT2D eigenvalue weighted by Crippen LogP contribution is 2.15. The molecule has 2 aromatic carbocycles. The number of hydrogen-bond acceptors (Lipinski definition) is 3. The van der Waals surface area contributed by atoms with Gasteiger partial charge in [0.25, 0.3) is 0 Å². The molecule has 1 amide bonds. The maximum absolute atomic E-state index is 11.5. The fourth-order valence-electron chi connectivity index (χ4n) is 1.76. The van der Waals surface area contributed by atoms with Crippen molar-refractivity contribution >= 4 is 17.7 Å². The van der Waals surface area contributed by atoms with Gasteiger partial charge in [0.05, 0.1) is 12.6 Å². The van der Waals surface area contributed by atoms with E-state index < -0.39 is 12.2 Å². The second-order valence-corrected chi connectivity index (χ2v) is 4.95. The van der Waals surface area contributed by atoms with E-state index in [9.17, 15) is 9.90 Å². The summed E-state index contributed by atoms with van der Waals surface area (Å²) in [4.78, 5) is 11.5. The number of alkyl carbamates (subject to hydrolysis) is 1. The zero-order valence-electron chi connectivity index (χ0n) is 11.3. The maximum Gasteiger partial charge on any atom is 0.407 e. The van der Waals surface area contributed by atoms with Gasteiger partial charge < -0.3 is 15.2 Å². The van der Waals surface area contributed by atoms with Crippen LogP contribution in [0.25, 0.3) is 0 Å². The number of ether oxygens (including phenoxy) is 1. The number of aliphatic hydroxyl groups excluding tert-OH is 1. The predicted octanol–water partition coefficient (Wildman–Crippen LogP) is 3.30. The number of amides is 1. The Kier molecular flexibility index (Phi) is 5.60. The van der Waals surface area contributed by atoms with Crippen molar-refractivity contribution in [2.24, 2.45) is 0 Å². The number of nitrogens with one attached hydrogen (secondary N) is 1. The molecule has 0 aliphatic rings. The largest absolute Gasteiger partial charge is 0.445 e. The van der Waals surface area contributed by atoms with Crippen LogP contribution in [0.5, 0.6) is 0 Å². The summed E-state index contributed by atoms with van der Waals surface area (Å²) in [5, 5.41) is 13.1. The van der Waals surface area contributed by atoms with Crippen LogP contribution < -0.4 is 5.32 Å². The van der Waals surface area contributed by atoms with E-state index in [1.807, 2.05) is 30.3 Å². The number of carbonyl (C=O) groups is 1. The van der Waals surface area contributed by atoms with Crippen LogP contribution in [0.1, 0.15) is 17.2 Å². The van der Waals surface area contributed by atoms with Crippen molar-refractivity contribution in [1.82, 2.24) is 5.32 Å². The van der Waals surface area contributed by atoms with Gasteiger partial charge in [-0.1, -0.05) is 54.1 Å². The molecule has 0 bridgehead atoms. The number of benzene rings is 2. The lowest BCUT2D eigenvalue weighted by atomic mass is 10.1. The number of halogens is 1. The average molecular weight is 306 g/mol. The highest BCUT2D eigenvalue weighted by atomic mass is 35.5. The second-order valence-electron chi connectivity index (χ2n) is 4.51. The molecule has 0 spiro atoms. The lowest BCUT2D eigenvalue weighted by Crippen LogP contribution is -2.28. The molecule has 0 aromatic heterocycles. The van der Waals surface area contributed by atoms with Crippen LogP contribution >= 0.6 is 11.6 Å². The highest BCUT2D eigenvalue weighted by molar-refractivity contribution is 6.30. The third-order valence-electron chi connectivity index (χ3n) is 2.91. The molecule has 0 saturated carbocycles. The third-order valence-corrected chi connectivity index (χ3v) is 3.16. The van der Waals surface area contributed by atoms with Gasteiger partial charge in [-0.25, -0.2) is 4.79 Å². The summed E-state index contributed by atoms with van der Waals surface area (Å²) >= 11 is 5.77. The van der Waals surface area contributed by atoms with E-state index >= 15 is 0 Å². The Morgan fingerprint density at radius 3 is 2.48 bits per heavy atom. The van der Waals surface area contributed by atoms with E-state index in [1.54, 1.807) is 24.3 Å². The molecular weight excluding hydrogens is 290 g/mol. The summed E-state index contributed by atoms with van der Waals surface area (Å²) in [5.74, 6) is 0. The van der Waals surface area contributed by atoms with Crippen LogP contribution in [-0.4, -0.2) is 17.7 Å². The van der Waals surface area contributed by atoms with Crippen molar-refractivity contribution in [3.8, 4) is 0 Å². The molecule has 0 heterocycles. The molecule has 21 heavy (non-hydrogen) atoms. The van der Waals surface area contributed by atoms with Crippen LogP contribution in [0.15, 0.2) is 54.6 Å². The summed E-state index contributed by atoms with van der Waals surface area (Å²) in [7, 11) is 0. The van der Waals surface area contributed by atoms with Gasteiger partial charge in [-0.05, 0) is 23.3 Å². The molecule has 5 heteroatoms. The molecule has 0 saturated heterocycles. The minimum Gasteiger partial charge on any atom is -0.445 e. The van der Waals surface area contributed by atoms with Crippen LogP contribution in [0.3, 0.4) is 0 Å². The molecule has 2 N–H and O–H groups in total. The highest BCUT2D eigenvalue weighted by Gasteiger charge is 2.10. The minimum atomic E-state index is -0.799. The van der Waals surface area contributed by atoms with Crippen molar-refractivity contribution in [2.45, 2.75) is 12.7 Å². The first-order valence-electron chi connectivity index (χ1n) is 6.53. The average Bonchev–Trinajstić information content (AvgIpc) is 2.52. The molecule has 0 fully saturated rings. The molecule has 110 valence electrons. The molecule has 2 rings (SSSR count). The molecule has 0 aliphatic heterocycles. The predicted molar refractivity (Wildman–Crippen MR) is 81.0 cm³/mol. The van der Waals surface area contributed by atoms with E-state index in [4.69, 9.17) is 16.3 Å². The number of hydrogen-bond donors (Lipinski definition) is 2. The van der Waals surface area contributed by atoms with Gasteiger partial charge in [0.1, 0.15) is 6.61 Å². The van der Waals surface area contributed by atoms with Crippen molar-refractivity contribution < 1.29 is 14.6 Å². The third kappa shape index (κ3) is 5.10. The molecule has 2 aromatic rings. The Balaban J connectivity index is 1.74. The first-order chi connectivity index (χ1) is 10.1. The monoisotopic (exact) mass is 305 g/mol. The molecule has 0 aliphatic carbocycles. The zero-order chi connectivity index (χ0) is 15.1. The summed E-state index contributed by atoms with van der Waals surface area (Å²) in [6.07, 6.45) is -1.36. The molecule has 0 unspecified atom stereocenters. The van der Waals surface area contributed by atoms with Crippen molar-refractivity contribution in [3.05, 3.63) is 70.7 Å². The van der Waals surface area contributed by atoms with E-state index in [0.717, 1.165) is 5.56 Å². The molecule has 1 atom stereocenters. The van der Waals surface area contributed by atoms with Gasteiger partial charge in [0.15, 0.2) is 0 Å². The van der Waals surface area contributed by atoms with E-state index in [1.165, 1.54) is 0 Å². The van der Waals surface area contributed by atoms with Crippen LogP contribution in [0.4, 0.5) is 4.79 Å². The fraction of sp³-hybridized carbons (Fsp3) is 0.188. The first kappa shape index (κ1) is 15.4. The van der Waals surface area contributed by atoms with Gasteiger partial charge in [-0.15, -0.1) is 0 Å². The second kappa shape index (κ2) is 7.67. The topological polar surface area (TPSA) is 58.6 Å². The summed E-state index contributed by atoms with van der Waals surface area (Å²) in [5.41, 5.74) is 1.59. The Morgan fingerprint density at radius 1 is 1.14 bits per heavy atom. The van der Waals surface area contributed by atoms with Crippen LogP contribution in [-0.2, 0) is 11.3 Å². The standard InChI is InChI=1S/C16H16ClNO3/c17-14-8-6-13(7-9-14)15(19)10-18-16(20)21-11-12-4-2-1-3-5-12/h1-9,15,19H,10-11H2,(H,18,20)/t15-/m0/s1. The first-order valence-corrected chi connectivity index (χ1v) is 6.91.